The molecule has 1 amide bonds. The van der Waals surface area contributed by atoms with E-state index in [1.54, 1.807) is 17.9 Å². The van der Waals surface area contributed by atoms with E-state index in [0.29, 0.717) is 10.2 Å². The average Bonchev–Trinajstić information content (AvgIpc) is 3.27. The van der Waals surface area contributed by atoms with Crippen LogP contribution in [0.3, 0.4) is 0 Å². The van der Waals surface area contributed by atoms with E-state index in [0.717, 1.165) is 12.8 Å². The van der Waals surface area contributed by atoms with Gasteiger partial charge in [0, 0.05) is 25.6 Å². The Morgan fingerprint density at radius 1 is 1.50 bits per heavy atom. The molecule has 7 nitrogen and oxygen atoms in total. The van der Waals surface area contributed by atoms with Gasteiger partial charge in [-0.1, -0.05) is 6.92 Å². The molecule has 0 aromatic carbocycles. The maximum Gasteiger partial charge on any atom is 0.308 e. The number of thiophene rings is 1. The molecule has 1 aliphatic rings. The molecule has 24 heavy (non-hydrogen) atoms. The Hall–Kier alpha value is -2.22. The van der Waals surface area contributed by atoms with Crippen molar-refractivity contribution in [3.63, 3.8) is 0 Å². The lowest BCUT2D eigenvalue weighted by Crippen LogP contribution is -2.39. The van der Waals surface area contributed by atoms with Crippen molar-refractivity contribution in [1.29, 1.82) is 0 Å². The summed E-state index contributed by atoms with van der Waals surface area (Å²) in [6.45, 7) is 2.07. The number of carboxylic acids is 1. The van der Waals surface area contributed by atoms with Crippen LogP contribution in [-0.4, -0.2) is 44.0 Å². The first-order valence-electron chi connectivity index (χ1n) is 7.92. The molecule has 0 saturated heterocycles. The summed E-state index contributed by atoms with van der Waals surface area (Å²) >= 11 is 1.41. The molecule has 1 unspecified atom stereocenters. The van der Waals surface area contributed by atoms with E-state index >= 15 is 0 Å². The predicted octanol–water partition coefficient (Wildman–Crippen LogP) is 1.56. The largest absolute Gasteiger partial charge is 0.481 e. The monoisotopic (exact) mass is 349 g/mol. The van der Waals surface area contributed by atoms with Gasteiger partial charge in [0.2, 0.25) is 5.91 Å². The zero-order chi connectivity index (χ0) is 17.3. The third-order valence-electron chi connectivity index (χ3n) is 4.22. The highest BCUT2D eigenvalue weighted by molar-refractivity contribution is 7.16. The zero-order valence-corrected chi connectivity index (χ0v) is 14.2. The van der Waals surface area contributed by atoms with Crippen LogP contribution in [0.4, 0.5) is 0 Å². The van der Waals surface area contributed by atoms with Gasteiger partial charge in [0.15, 0.2) is 0 Å². The van der Waals surface area contributed by atoms with Gasteiger partial charge >= 0.3 is 5.97 Å². The van der Waals surface area contributed by atoms with Gasteiger partial charge in [0.05, 0.1) is 17.6 Å². The Bertz CT molecular complexity index is 824. The molecule has 1 saturated carbocycles. The second-order valence-corrected chi connectivity index (χ2v) is 7.04. The van der Waals surface area contributed by atoms with Crippen LogP contribution >= 0.6 is 11.3 Å². The van der Waals surface area contributed by atoms with E-state index in [1.807, 2.05) is 5.38 Å². The van der Waals surface area contributed by atoms with Crippen molar-refractivity contribution in [2.45, 2.75) is 38.8 Å². The Balaban J connectivity index is 1.67. The van der Waals surface area contributed by atoms with E-state index in [9.17, 15) is 14.4 Å². The predicted molar refractivity (Wildman–Crippen MR) is 90.0 cm³/mol. The van der Waals surface area contributed by atoms with Crippen LogP contribution < -0.4 is 5.56 Å². The van der Waals surface area contributed by atoms with Crippen molar-refractivity contribution in [1.82, 2.24) is 14.5 Å². The number of carboxylic acid groups (broad SMARTS) is 1. The Kier molecular flexibility index (Phi) is 4.66. The van der Waals surface area contributed by atoms with Gasteiger partial charge in [0.25, 0.3) is 5.56 Å². The molecule has 1 fully saturated rings. The maximum atomic E-state index is 12.5. The van der Waals surface area contributed by atoms with Crippen molar-refractivity contribution in [2.75, 3.05) is 6.54 Å². The van der Waals surface area contributed by atoms with Crippen LogP contribution in [0.25, 0.3) is 10.2 Å². The molecule has 3 rings (SSSR count). The lowest BCUT2D eigenvalue weighted by atomic mass is 10.1. The molecule has 2 aromatic rings. The van der Waals surface area contributed by atoms with Crippen molar-refractivity contribution in [2.24, 2.45) is 5.92 Å². The molecule has 1 N–H and O–H groups in total. The number of carbonyl (C=O) groups is 2. The Morgan fingerprint density at radius 2 is 2.25 bits per heavy atom. The normalized spacial score (nSPS) is 15.4. The highest BCUT2D eigenvalue weighted by Gasteiger charge is 2.34. The van der Waals surface area contributed by atoms with Crippen molar-refractivity contribution in [3.05, 3.63) is 28.1 Å². The van der Waals surface area contributed by atoms with E-state index in [-0.39, 0.29) is 37.0 Å². The highest BCUT2D eigenvalue weighted by atomic mass is 32.1. The molecule has 0 bridgehead atoms. The minimum Gasteiger partial charge on any atom is -0.481 e. The summed E-state index contributed by atoms with van der Waals surface area (Å²) in [6, 6.07) is 1.88. The molecule has 0 spiro atoms. The van der Waals surface area contributed by atoms with Gasteiger partial charge in [0.1, 0.15) is 4.83 Å². The van der Waals surface area contributed by atoms with Crippen LogP contribution in [0.2, 0.25) is 0 Å². The maximum absolute atomic E-state index is 12.5. The summed E-state index contributed by atoms with van der Waals surface area (Å²) in [5, 5.41) is 11.4. The molecule has 1 aliphatic carbocycles. The fourth-order valence-electron chi connectivity index (χ4n) is 2.63. The minimum absolute atomic E-state index is 0.108. The van der Waals surface area contributed by atoms with Crippen LogP contribution in [0, 0.1) is 5.92 Å². The molecular weight excluding hydrogens is 330 g/mol. The number of aromatic nitrogens is 2. The summed E-state index contributed by atoms with van der Waals surface area (Å²) in [7, 11) is 0. The van der Waals surface area contributed by atoms with Crippen molar-refractivity contribution < 1.29 is 14.7 Å². The smallest absolute Gasteiger partial charge is 0.308 e. The molecule has 0 aliphatic heterocycles. The topological polar surface area (TPSA) is 92.5 Å². The van der Waals surface area contributed by atoms with Gasteiger partial charge < -0.3 is 10.0 Å². The number of aryl methyl sites for hydroxylation is 1. The number of fused-ring (bicyclic) bond motifs is 1. The summed E-state index contributed by atoms with van der Waals surface area (Å²) in [5.41, 5.74) is -0.147. The lowest BCUT2D eigenvalue weighted by molar-refractivity contribution is -0.143. The van der Waals surface area contributed by atoms with Gasteiger partial charge in [-0.3, -0.25) is 19.0 Å². The van der Waals surface area contributed by atoms with Gasteiger partial charge in [-0.15, -0.1) is 11.3 Å². The van der Waals surface area contributed by atoms with Crippen LogP contribution in [0.1, 0.15) is 26.2 Å². The Morgan fingerprint density at radius 3 is 2.92 bits per heavy atom. The number of aliphatic carboxylic acids is 1. The van der Waals surface area contributed by atoms with Crippen LogP contribution in [0.5, 0.6) is 0 Å². The summed E-state index contributed by atoms with van der Waals surface area (Å²) in [4.78, 5) is 42.4. The van der Waals surface area contributed by atoms with Gasteiger partial charge in [-0.25, -0.2) is 4.98 Å². The van der Waals surface area contributed by atoms with E-state index in [4.69, 9.17) is 5.11 Å². The molecular formula is C16H19N3O4S. The number of hydrogen-bond donors (Lipinski definition) is 1. The highest BCUT2D eigenvalue weighted by Crippen LogP contribution is 2.28. The van der Waals surface area contributed by atoms with Crippen molar-refractivity contribution >= 4 is 33.4 Å². The number of carbonyl (C=O) groups excluding carboxylic acids is 1. The first-order valence-corrected chi connectivity index (χ1v) is 8.80. The third-order valence-corrected chi connectivity index (χ3v) is 5.04. The molecule has 8 heteroatoms. The van der Waals surface area contributed by atoms with Crippen molar-refractivity contribution in [3.8, 4) is 0 Å². The molecule has 128 valence electrons. The second-order valence-electron chi connectivity index (χ2n) is 6.15. The number of amides is 1. The van der Waals surface area contributed by atoms with Crippen LogP contribution in [-0.2, 0) is 16.1 Å². The van der Waals surface area contributed by atoms with Gasteiger partial charge in [-0.05, 0) is 24.3 Å². The number of nitrogens with zero attached hydrogens (tertiary/aromatic N) is 3. The second kappa shape index (κ2) is 6.72. The van der Waals surface area contributed by atoms with E-state index in [2.05, 4.69) is 4.98 Å². The fraction of sp³-hybridized carbons (Fsp3) is 0.500. The molecule has 2 heterocycles. The number of rotatable bonds is 7. The molecule has 0 radical (unpaired) electrons. The Labute approximate surface area is 142 Å². The van der Waals surface area contributed by atoms with Gasteiger partial charge in [-0.2, -0.15) is 0 Å². The van der Waals surface area contributed by atoms with E-state index < -0.39 is 11.9 Å². The van der Waals surface area contributed by atoms with Crippen LogP contribution in [0.15, 0.2) is 22.6 Å². The zero-order valence-electron chi connectivity index (χ0n) is 13.3. The summed E-state index contributed by atoms with van der Waals surface area (Å²) in [6.07, 6.45) is 3.47. The number of hydrogen-bond acceptors (Lipinski definition) is 5. The lowest BCUT2D eigenvalue weighted by Gasteiger charge is -2.24. The third kappa shape index (κ3) is 3.48. The summed E-state index contributed by atoms with van der Waals surface area (Å²) in [5.74, 6) is -1.61. The minimum atomic E-state index is -0.906. The quantitative estimate of drug-likeness (QED) is 0.819. The average molecular weight is 349 g/mol. The SMILES string of the molecule is CC(CN(C(=O)CCn1cnc2sccc2c1=O)C1CC1)C(=O)O. The first kappa shape index (κ1) is 16.6. The fourth-order valence-corrected chi connectivity index (χ4v) is 3.35. The molecule has 1 atom stereocenters. The van der Waals surface area contributed by atoms with E-state index in [1.165, 1.54) is 22.2 Å². The standard InChI is InChI=1S/C16H19N3O4S/c1-10(16(22)23)8-19(11-2-3-11)13(20)4-6-18-9-17-14-12(15(18)21)5-7-24-14/h5,7,9-11H,2-4,6,8H2,1H3,(H,22,23). The first-order chi connectivity index (χ1) is 11.5. The summed E-state index contributed by atoms with van der Waals surface area (Å²) < 4.78 is 1.44. The molecule has 2 aromatic heterocycles.